The van der Waals surface area contributed by atoms with Crippen molar-refractivity contribution in [3.63, 3.8) is 0 Å². The van der Waals surface area contributed by atoms with Gasteiger partial charge in [0.05, 0.1) is 13.7 Å². The minimum atomic E-state index is -0.380. The van der Waals surface area contributed by atoms with Crippen molar-refractivity contribution in [2.45, 2.75) is 13.5 Å². The van der Waals surface area contributed by atoms with Gasteiger partial charge in [-0.05, 0) is 25.1 Å². The first kappa shape index (κ1) is 18.9. The molecular formula is C17H21N3O4S. The van der Waals surface area contributed by atoms with Crippen LogP contribution in [0.2, 0.25) is 0 Å². The molecule has 1 N–H and O–H groups in total. The number of ether oxygens (including phenoxy) is 2. The Morgan fingerprint density at radius 3 is 2.84 bits per heavy atom. The zero-order chi connectivity index (χ0) is 18.2. The van der Waals surface area contributed by atoms with Gasteiger partial charge in [0.15, 0.2) is 4.80 Å². The molecule has 7 nitrogen and oxygen atoms in total. The number of aromatic nitrogens is 1. The number of thiazole rings is 1. The fraction of sp³-hybridized carbons (Fsp3) is 0.353. The number of nitrogens with zero attached hydrogens (tertiary/aromatic N) is 2. The molecule has 0 spiro atoms. The molecule has 2 rings (SSSR count). The van der Waals surface area contributed by atoms with Gasteiger partial charge in [-0.3, -0.25) is 9.59 Å². The Labute approximate surface area is 149 Å². The number of carbonyl (C=O) groups is 2. The lowest BCUT2D eigenvalue weighted by Crippen LogP contribution is -2.33. The molecule has 1 heterocycles. The molecule has 1 aromatic carbocycles. The molecule has 0 saturated heterocycles. The normalized spacial score (nSPS) is 11.4. The van der Waals surface area contributed by atoms with E-state index in [0.29, 0.717) is 29.3 Å². The summed E-state index contributed by atoms with van der Waals surface area (Å²) in [5, 5.41) is 4.61. The van der Waals surface area contributed by atoms with Gasteiger partial charge in [0.25, 0.3) is 5.91 Å². The van der Waals surface area contributed by atoms with Crippen LogP contribution in [-0.2, 0) is 16.1 Å². The van der Waals surface area contributed by atoms with Crippen LogP contribution in [0.3, 0.4) is 0 Å². The monoisotopic (exact) mass is 363 g/mol. The van der Waals surface area contributed by atoms with E-state index in [1.165, 1.54) is 11.3 Å². The lowest BCUT2D eigenvalue weighted by molar-refractivity contribution is -0.121. The van der Waals surface area contributed by atoms with Crippen molar-refractivity contribution in [3.05, 3.63) is 45.7 Å². The van der Waals surface area contributed by atoms with E-state index >= 15 is 0 Å². The van der Waals surface area contributed by atoms with Gasteiger partial charge in [-0.15, -0.1) is 11.3 Å². The summed E-state index contributed by atoms with van der Waals surface area (Å²) in [6.07, 6.45) is 0. The summed E-state index contributed by atoms with van der Waals surface area (Å²) >= 11 is 1.32. The Hall–Kier alpha value is -2.45. The molecule has 0 fully saturated rings. The van der Waals surface area contributed by atoms with Crippen molar-refractivity contribution < 1.29 is 19.1 Å². The Bertz CT molecular complexity index is 810. The summed E-state index contributed by atoms with van der Waals surface area (Å²) in [5.41, 5.74) is 1.30. The molecule has 134 valence electrons. The predicted molar refractivity (Wildman–Crippen MR) is 94.8 cm³/mol. The molecule has 0 aliphatic carbocycles. The van der Waals surface area contributed by atoms with E-state index in [9.17, 15) is 9.59 Å². The van der Waals surface area contributed by atoms with Crippen LogP contribution in [0.25, 0.3) is 0 Å². The molecule has 2 amide bonds. The number of benzene rings is 1. The van der Waals surface area contributed by atoms with Crippen LogP contribution in [-0.4, -0.2) is 43.8 Å². The van der Waals surface area contributed by atoms with Crippen LogP contribution in [0.4, 0.5) is 0 Å². The van der Waals surface area contributed by atoms with E-state index in [0.717, 1.165) is 5.69 Å². The SMILES string of the molecule is COCCNC(=O)Cn1c(C)csc1=NC(=O)c1cccc(OC)c1. The van der Waals surface area contributed by atoms with Crippen molar-refractivity contribution in [2.75, 3.05) is 27.4 Å². The van der Waals surface area contributed by atoms with Gasteiger partial charge in [-0.2, -0.15) is 4.99 Å². The molecule has 0 aliphatic heterocycles. The summed E-state index contributed by atoms with van der Waals surface area (Å²) < 4.78 is 11.7. The third-order valence-electron chi connectivity index (χ3n) is 3.44. The maximum absolute atomic E-state index is 12.4. The molecule has 25 heavy (non-hydrogen) atoms. The highest BCUT2D eigenvalue weighted by atomic mass is 32.1. The second-order valence-corrected chi connectivity index (χ2v) is 6.07. The highest BCUT2D eigenvalue weighted by molar-refractivity contribution is 7.07. The second kappa shape index (κ2) is 9.14. The third-order valence-corrected chi connectivity index (χ3v) is 4.42. The van der Waals surface area contributed by atoms with Crippen molar-refractivity contribution in [1.82, 2.24) is 9.88 Å². The lowest BCUT2D eigenvalue weighted by Gasteiger charge is -2.07. The van der Waals surface area contributed by atoms with Gasteiger partial charge in [0, 0.05) is 30.3 Å². The third kappa shape index (κ3) is 5.27. The zero-order valence-electron chi connectivity index (χ0n) is 14.4. The molecule has 8 heteroatoms. The summed E-state index contributed by atoms with van der Waals surface area (Å²) in [5.74, 6) is 0.0527. The molecule has 2 aromatic rings. The number of hydrogen-bond acceptors (Lipinski definition) is 5. The van der Waals surface area contributed by atoms with Gasteiger partial charge in [-0.25, -0.2) is 0 Å². The smallest absolute Gasteiger partial charge is 0.279 e. The number of methoxy groups -OCH3 is 2. The van der Waals surface area contributed by atoms with Crippen LogP contribution in [0.1, 0.15) is 16.1 Å². The second-order valence-electron chi connectivity index (χ2n) is 5.24. The number of amides is 2. The molecule has 0 unspecified atom stereocenters. The number of aryl methyl sites for hydroxylation is 1. The summed E-state index contributed by atoms with van der Waals surface area (Å²) in [6.45, 7) is 2.86. The fourth-order valence-electron chi connectivity index (χ4n) is 2.09. The topological polar surface area (TPSA) is 81.9 Å². The van der Waals surface area contributed by atoms with Crippen molar-refractivity contribution >= 4 is 23.2 Å². The van der Waals surface area contributed by atoms with Gasteiger partial charge in [0.2, 0.25) is 5.91 Å². The highest BCUT2D eigenvalue weighted by Gasteiger charge is 2.10. The van der Waals surface area contributed by atoms with Gasteiger partial charge in [-0.1, -0.05) is 6.07 Å². The minimum Gasteiger partial charge on any atom is -0.497 e. The Kier molecular flexibility index (Phi) is 6.91. The van der Waals surface area contributed by atoms with Crippen molar-refractivity contribution in [3.8, 4) is 5.75 Å². The average Bonchev–Trinajstić information content (AvgIpc) is 2.95. The summed E-state index contributed by atoms with van der Waals surface area (Å²) in [7, 11) is 3.12. The van der Waals surface area contributed by atoms with Gasteiger partial charge in [0.1, 0.15) is 12.3 Å². The first-order valence-electron chi connectivity index (χ1n) is 7.69. The van der Waals surface area contributed by atoms with E-state index in [2.05, 4.69) is 10.3 Å². The van der Waals surface area contributed by atoms with E-state index in [4.69, 9.17) is 9.47 Å². The fourth-order valence-corrected chi connectivity index (χ4v) is 2.97. The molecule has 0 bridgehead atoms. The highest BCUT2D eigenvalue weighted by Crippen LogP contribution is 2.13. The number of rotatable bonds is 7. The molecule has 1 aromatic heterocycles. The molecule has 0 radical (unpaired) electrons. The maximum Gasteiger partial charge on any atom is 0.279 e. The zero-order valence-corrected chi connectivity index (χ0v) is 15.3. The Balaban J connectivity index is 2.20. The van der Waals surface area contributed by atoms with Crippen LogP contribution < -0.4 is 14.9 Å². The molecule has 0 saturated carbocycles. The Morgan fingerprint density at radius 2 is 2.12 bits per heavy atom. The minimum absolute atomic E-state index is 0.100. The lowest BCUT2D eigenvalue weighted by atomic mass is 10.2. The van der Waals surface area contributed by atoms with Crippen LogP contribution >= 0.6 is 11.3 Å². The van der Waals surface area contributed by atoms with Crippen molar-refractivity contribution in [1.29, 1.82) is 0 Å². The van der Waals surface area contributed by atoms with E-state index in [1.807, 2.05) is 12.3 Å². The molecule has 0 atom stereocenters. The van der Waals surface area contributed by atoms with Gasteiger partial charge < -0.3 is 19.4 Å². The average molecular weight is 363 g/mol. The number of carbonyl (C=O) groups excluding carboxylic acids is 2. The summed E-state index contributed by atoms with van der Waals surface area (Å²) in [6, 6.07) is 6.81. The number of hydrogen-bond donors (Lipinski definition) is 1. The molecular weight excluding hydrogens is 342 g/mol. The summed E-state index contributed by atoms with van der Waals surface area (Å²) in [4.78, 5) is 29.0. The Morgan fingerprint density at radius 1 is 1.32 bits per heavy atom. The first-order chi connectivity index (χ1) is 12.0. The van der Waals surface area contributed by atoms with Crippen LogP contribution in [0.5, 0.6) is 5.75 Å². The quantitative estimate of drug-likeness (QED) is 0.754. The van der Waals surface area contributed by atoms with E-state index in [1.54, 1.807) is 43.1 Å². The van der Waals surface area contributed by atoms with Gasteiger partial charge >= 0.3 is 0 Å². The van der Waals surface area contributed by atoms with E-state index in [-0.39, 0.29) is 18.4 Å². The largest absolute Gasteiger partial charge is 0.497 e. The van der Waals surface area contributed by atoms with Crippen LogP contribution in [0, 0.1) is 6.92 Å². The number of nitrogens with one attached hydrogen (secondary N) is 1. The first-order valence-corrected chi connectivity index (χ1v) is 8.56. The van der Waals surface area contributed by atoms with E-state index < -0.39 is 0 Å². The standard InChI is InChI=1S/C17H21N3O4S/c1-12-11-25-17(20(12)10-15(21)18-7-8-23-2)19-16(22)13-5-4-6-14(9-13)24-3/h4-6,9,11H,7-8,10H2,1-3H3,(H,18,21). The predicted octanol–water partition coefficient (Wildman–Crippen LogP) is 1.37. The maximum atomic E-state index is 12.4. The van der Waals surface area contributed by atoms with Crippen molar-refractivity contribution in [2.24, 2.45) is 4.99 Å². The van der Waals surface area contributed by atoms with Crippen LogP contribution in [0.15, 0.2) is 34.6 Å². The molecule has 0 aliphatic rings.